The second-order valence-corrected chi connectivity index (χ2v) is 7.09. The Kier molecular flexibility index (Phi) is 3.96. The number of amides is 1. The Morgan fingerprint density at radius 2 is 1.73 bits per heavy atom. The van der Waals surface area contributed by atoms with Crippen molar-refractivity contribution in [2.75, 3.05) is 13.1 Å². The van der Waals surface area contributed by atoms with Crippen LogP contribution in [0.2, 0.25) is 0 Å². The molecule has 2 bridgehead atoms. The van der Waals surface area contributed by atoms with E-state index in [-0.39, 0.29) is 18.2 Å². The first-order valence-electron chi connectivity index (χ1n) is 7.88. The lowest BCUT2D eigenvalue weighted by Gasteiger charge is -2.41. The van der Waals surface area contributed by atoms with E-state index in [1.165, 1.54) is 5.56 Å². The van der Waals surface area contributed by atoms with E-state index >= 15 is 0 Å². The molecule has 0 radical (unpaired) electrons. The molecule has 118 valence electrons. The SMILES string of the molecule is CC(C)(C)OC(=O)N1[C@H]2C=C[C@H]1CN(Cc1ccccc1)C2. The second-order valence-electron chi connectivity index (χ2n) is 7.09. The Morgan fingerprint density at radius 1 is 1.14 bits per heavy atom. The predicted molar refractivity (Wildman–Crippen MR) is 86.5 cm³/mol. The van der Waals surface area contributed by atoms with E-state index in [0.29, 0.717) is 0 Å². The third-order valence-corrected chi connectivity index (χ3v) is 4.01. The van der Waals surface area contributed by atoms with Crippen LogP contribution in [-0.2, 0) is 11.3 Å². The maximum absolute atomic E-state index is 12.4. The maximum Gasteiger partial charge on any atom is 0.411 e. The molecule has 1 saturated heterocycles. The van der Waals surface area contributed by atoms with Crippen molar-refractivity contribution in [2.45, 2.75) is 45.0 Å². The van der Waals surface area contributed by atoms with Crippen LogP contribution in [0, 0.1) is 0 Å². The van der Waals surface area contributed by atoms with E-state index < -0.39 is 5.60 Å². The minimum Gasteiger partial charge on any atom is -0.444 e. The molecule has 2 aliphatic rings. The number of ether oxygens (including phenoxy) is 1. The first-order chi connectivity index (χ1) is 10.4. The molecule has 0 aliphatic carbocycles. The fourth-order valence-electron chi connectivity index (χ4n) is 3.15. The molecule has 1 aromatic carbocycles. The number of hydrogen-bond acceptors (Lipinski definition) is 3. The van der Waals surface area contributed by atoms with Crippen molar-refractivity contribution in [1.29, 1.82) is 0 Å². The van der Waals surface area contributed by atoms with E-state index in [0.717, 1.165) is 19.6 Å². The summed E-state index contributed by atoms with van der Waals surface area (Å²) in [6.07, 6.45) is 4.07. The summed E-state index contributed by atoms with van der Waals surface area (Å²) in [5.74, 6) is 0. The summed E-state index contributed by atoms with van der Waals surface area (Å²) < 4.78 is 5.54. The Hall–Kier alpha value is -1.81. The number of nitrogens with zero attached hydrogens (tertiary/aromatic N) is 2. The summed E-state index contributed by atoms with van der Waals surface area (Å²) in [6.45, 7) is 8.38. The number of piperazine rings is 1. The highest BCUT2D eigenvalue weighted by Gasteiger charge is 2.40. The Balaban J connectivity index is 1.63. The van der Waals surface area contributed by atoms with Gasteiger partial charge in [-0.1, -0.05) is 42.5 Å². The maximum atomic E-state index is 12.4. The van der Waals surface area contributed by atoms with Gasteiger partial charge in [-0.25, -0.2) is 4.79 Å². The predicted octanol–water partition coefficient (Wildman–Crippen LogP) is 3.05. The Morgan fingerprint density at radius 3 is 2.27 bits per heavy atom. The minimum absolute atomic E-state index is 0.123. The van der Waals surface area contributed by atoms with Gasteiger partial charge >= 0.3 is 6.09 Å². The van der Waals surface area contributed by atoms with Gasteiger partial charge in [-0.3, -0.25) is 9.80 Å². The van der Waals surface area contributed by atoms with Crippen LogP contribution >= 0.6 is 0 Å². The molecule has 3 rings (SSSR count). The summed E-state index contributed by atoms with van der Waals surface area (Å²) in [6, 6.07) is 10.7. The fourth-order valence-corrected chi connectivity index (χ4v) is 3.15. The van der Waals surface area contributed by atoms with Crippen LogP contribution < -0.4 is 0 Å². The van der Waals surface area contributed by atoms with Crippen LogP contribution in [0.3, 0.4) is 0 Å². The number of hydrogen-bond donors (Lipinski definition) is 0. The van der Waals surface area contributed by atoms with Crippen molar-refractivity contribution in [1.82, 2.24) is 9.80 Å². The highest BCUT2D eigenvalue weighted by atomic mass is 16.6. The summed E-state index contributed by atoms with van der Waals surface area (Å²) >= 11 is 0. The van der Waals surface area contributed by atoms with Gasteiger partial charge in [0.1, 0.15) is 5.60 Å². The quantitative estimate of drug-likeness (QED) is 0.787. The van der Waals surface area contributed by atoms with Crippen molar-refractivity contribution >= 4 is 6.09 Å². The van der Waals surface area contributed by atoms with E-state index in [1.54, 1.807) is 0 Å². The average molecular weight is 300 g/mol. The molecule has 0 spiro atoms. The standard InChI is InChI=1S/C18H24N2O2/c1-18(2,3)22-17(21)20-15-9-10-16(20)13-19(12-15)11-14-7-5-4-6-8-14/h4-10,15-16H,11-13H2,1-3H3/t15-,16-/m0/s1. The third kappa shape index (κ3) is 3.33. The molecule has 0 unspecified atom stereocenters. The monoisotopic (exact) mass is 300 g/mol. The minimum atomic E-state index is -0.447. The van der Waals surface area contributed by atoms with E-state index in [4.69, 9.17) is 4.74 Å². The number of rotatable bonds is 2. The zero-order valence-corrected chi connectivity index (χ0v) is 13.5. The van der Waals surface area contributed by atoms with Crippen LogP contribution in [0.5, 0.6) is 0 Å². The van der Waals surface area contributed by atoms with Crippen molar-refractivity contribution < 1.29 is 9.53 Å². The van der Waals surface area contributed by atoms with Crippen LogP contribution in [0.4, 0.5) is 4.79 Å². The Bertz CT molecular complexity index is 546. The largest absolute Gasteiger partial charge is 0.444 e. The normalized spacial score (nSPS) is 24.6. The van der Waals surface area contributed by atoms with Crippen molar-refractivity contribution in [3.63, 3.8) is 0 Å². The summed E-state index contributed by atoms with van der Waals surface area (Å²) in [4.78, 5) is 16.7. The van der Waals surface area contributed by atoms with E-state index in [1.807, 2.05) is 31.7 Å². The number of benzene rings is 1. The molecular formula is C18H24N2O2. The molecule has 2 atom stereocenters. The summed E-state index contributed by atoms with van der Waals surface area (Å²) in [7, 11) is 0. The number of carbonyl (C=O) groups is 1. The average Bonchev–Trinajstić information content (AvgIpc) is 2.70. The van der Waals surface area contributed by atoms with Crippen LogP contribution in [0.1, 0.15) is 26.3 Å². The van der Waals surface area contributed by atoms with Gasteiger partial charge < -0.3 is 4.74 Å². The van der Waals surface area contributed by atoms with E-state index in [2.05, 4.69) is 41.3 Å². The van der Waals surface area contributed by atoms with Gasteiger partial charge in [0.15, 0.2) is 0 Å². The molecule has 1 fully saturated rings. The second kappa shape index (κ2) is 5.76. The van der Waals surface area contributed by atoms with E-state index in [9.17, 15) is 4.79 Å². The lowest BCUT2D eigenvalue weighted by molar-refractivity contribution is -0.00151. The zero-order valence-electron chi connectivity index (χ0n) is 13.5. The van der Waals surface area contributed by atoms with Gasteiger partial charge in [-0.15, -0.1) is 0 Å². The number of fused-ring (bicyclic) bond motifs is 2. The highest BCUT2D eigenvalue weighted by molar-refractivity contribution is 5.71. The van der Waals surface area contributed by atoms with Gasteiger partial charge in [0.2, 0.25) is 0 Å². The first kappa shape index (κ1) is 15.1. The van der Waals surface area contributed by atoms with Gasteiger partial charge in [0, 0.05) is 19.6 Å². The molecule has 0 aromatic heterocycles. The molecule has 4 heteroatoms. The Labute approximate surface area is 132 Å². The first-order valence-corrected chi connectivity index (χ1v) is 7.88. The van der Waals surface area contributed by atoms with Gasteiger partial charge in [0.05, 0.1) is 12.1 Å². The topological polar surface area (TPSA) is 32.8 Å². The zero-order chi connectivity index (χ0) is 15.7. The highest BCUT2D eigenvalue weighted by Crippen LogP contribution is 2.27. The van der Waals surface area contributed by atoms with Crippen molar-refractivity contribution in [3.8, 4) is 0 Å². The van der Waals surface area contributed by atoms with Crippen LogP contribution in [0.15, 0.2) is 42.5 Å². The molecule has 22 heavy (non-hydrogen) atoms. The number of carbonyl (C=O) groups excluding carboxylic acids is 1. The van der Waals surface area contributed by atoms with Crippen LogP contribution in [0.25, 0.3) is 0 Å². The molecule has 4 nitrogen and oxygen atoms in total. The van der Waals surface area contributed by atoms with Gasteiger partial charge in [0.25, 0.3) is 0 Å². The molecule has 2 aliphatic heterocycles. The summed E-state index contributed by atoms with van der Waals surface area (Å²) in [5, 5.41) is 0. The van der Waals surface area contributed by atoms with Crippen molar-refractivity contribution in [3.05, 3.63) is 48.0 Å². The van der Waals surface area contributed by atoms with Crippen molar-refractivity contribution in [2.24, 2.45) is 0 Å². The molecule has 2 heterocycles. The molecule has 0 N–H and O–H groups in total. The van der Waals surface area contributed by atoms with Gasteiger partial charge in [-0.05, 0) is 26.3 Å². The lowest BCUT2D eigenvalue weighted by Crippen LogP contribution is -2.56. The van der Waals surface area contributed by atoms with Crippen LogP contribution in [-0.4, -0.2) is 46.7 Å². The molecule has 1 aromatic rings. The smallest absolute Gasteiger partial charge is 0.411 e. The molecule has 0 saturated carbocycles. The molecular weight excluding hydrogens is 276 g/mol. The van der Waals surface area contributed by atoms with Gasteiger partial charge in [-0.2, -0.15) is 0 Å². The third-order valence-electron chi connectivity index (χ3n) is 4.01. The molecule has 1 amide bonds. The fraction of sp³-hybridized carbons (Fsp3) is 0.500. The lowest BCUT2D eigenvalue weighted by atomic mass is 10.1. The summed E-state index contributed by atoms with van der Waals surface area (Å²) in [5.41, 5.74) is 0.866.